The number of carbonyl (C=O) groups is 1. The second kappa shape index (κ2) is 9.18. The molecule has 0 fully saturated rings. The van der Waals surface area contributed by atoms with E-state index in [1.807, 2.05) is 47.1 Å². The number of pyridine rings is 1. The maximum Gasteiger partial charge on any atom is 0.272 e. The van der Waals surface area contributed by atoms with E-state index in [4.69, 9.17) is 21.1 Å². The zero-order valence-corrected chi connectivity index (χ0v) is 18.3. The number of rotatable bonds is 6. The fourth-order valence-electron chi connectivity index (χ4n) is 4.05. The molecule has 8 nitrogen and oxygen atoms in total. The molecule has 3 aromatic rings. The summed E-state index contributed by atoms with van der Waals surface area (Å²) in [6.45, 7) is 4.10. The first-order valence-corrected chi connectivity index (χ1v) is 11.1. The molecule has 0 bridgehead atoms. The summed E-state index contributed by atoms with van der Waals surface area (Å²) in [5, 5.41) is 8.22. The van der Waals surface area contributed by atoms with Crippen molar-refractivity contribution in [1.29, 1.82) is 0 Å². The van der Waals surface area contributed by atoms with Gasteiger partial charge in [-0.1, -0.05) is 17.7 Å². The van der Waals surface area contributed by atoms with Crippen LogP contribution in [-0.2, 0) is 19.5 Å². The second-order valence-corrected chi connectivity index (χ2v) is 8.41. The second-order valence-electron chi connectivity index (χ2n) is 7.97. The Labute approximate surface area is 191 Å². The minimum absolute atomic E-state index is 0.118. The molecule has 2 aliphatic rings. The minimum Gasteiger partial charge on any atom is -0.491 e. The Morgan fingerprint density at radius 1 is 1.25 bits per heavy atom. The molecule has 5 rings (SSSR count). The number of nitrogens with one attached hydrogen (secondary N) is 1. The third kappa shape index (κ3) is 4.71. The molecule has 1 unspecified atom stereocenters. The average molecular weight is 454 g/mol. The Morgan fingerprint density at radius 3 is 3.06 bits per heavy atom. The lowest BCUT2D eigenvalue weighted by atomic mass is 10.0. The van der Waals surface area contributed by atoms with Crippen LogP contribution in [0.15, 0.2) is 48.7 Å². The molecule has 0 saturated heterocycles. The highest BCUT2D eigenvalue weighted by atomic mass is 35.5. The quantitative estimate of drug-likeness (QED) is 0.617. The topological polar surface area (TPSA) is 81.5 Å². The molecule has 1 aromatic carbocycles. The largest absolute Gasteiger partial charge is 0.491 e. The highest BCUT2D eigenvalue weighted by Crippen LogP contribution is 2.27. The molecule has 1 atom stereocenters. The van der Waals surface area contributed by atoms with Crippen molar-refractivity contribution in [2.45, 2.75) is 25.6 Å². The van der Waals surface area contributed by atoms with Gasteiger partial charge in [-0.2, -0.15) is 5.10 Å². The van der Waals surface area contributed by atoms with Crippen molar-refractivity contribution >= 4 is 17.5 Å². The van der Waals surface area contributed by atoms with Gasteiger partial charge in [0.05, 0.1) is 18.3 Å². The van der Waals surface area contributed by atoms with Crippen LogP contribution in [-0.4, -0.2) is 57.9 Å². The van der Waals surface area contributed by atoms with E-state index in [1.165, 1.54) is 0 Å². The van der Waals surface area contributed by atoms with Gasteiger partial charge < -0.3 is 14.8 Å². The first kappa shape index (κ1) is 20.8. The van der Waals surface area contributed by atoms with Crippen molar-refractivity contribution in [2.75, 3.05) is 26.3 Å². The van der Waals surface area contributed by atoms with Gasteiger partial charge in [-0.15, -0.1) is 0 Å². The Morgan fingerprint density at radius 2 is 2.19 bits per heavy atom. The smallest absolute Gasteiger partial charge is 0.272 e. The Hall–Kier alpha value is -3.10. The number of hydrogen-bond donors (Lipinski definition) is 1. The fraction of sp³-hybridized carbons (Fsp3) is 0.348. The van der Waals surface area contributed by atoms with E-state index in [0.717, 1.165) is 43.2 Å². The Balaban J connectivity index is 1.15. The van der Waals surface area contributed by atoms with E-state index in [2.05, 4.69) is 20.3 Å². The van der Waals surface area contributed by atoms with E-state index in [-0.39, 0.29) is 11.9 Å². The van der Waals surface area contributed by atoms with Crippen molar-refractivity contribution < 1.29 is 14.3 Å². The van der Waals surface area contributed by atoms with E-state index in [9.17, 15) is 4.79 Å². The van der Waals surface area contributed by atoms with Crippen molar-refractivity contribution in [1.82, 2.24) is 25.0 Å². The van der Waals surface area contributed by atoms with Crippen LogP contribution in [0, 0.1) is 0 Å². The van der Waals surface area contributed by atoms with Gasteiger partial charge >= 0.3 is 0 Å². The number of amides is 1. The number of nitrogens with zero attached hydrogens (tertiary/aromatic N) is 4. The molecule has 2 aliphatic heterocycles. The zero-order valence-electron chi connectivity index (χ0n) is 17.5. The molecular weight excluding hydrogens is 430 g/mol. The van der Waals surface area contributed by atoms with Crippen molar-refractivity contribution in [3.63, 3.8) is 0 Å². The molecule has 1 N–H and O–H groups in total. The van der Waals surface area contributed by atoms with Crippen LogP contribution in [0.5, 0.6) is 11.6 Å². The van der Waals surface area contributed by atoms with E-state index in [1.54, 1.807) is 6.20 Å². The first-order valence-electron chi connectivity index (χ1n) is 10.7. The average Bonchev–Trinajstić information content (AvgIpc) is 3.23. The van der Waals surface area contributed by atoms with Crippen molar-refractivity contribution in [2.24, 2.45) is 0 Å². The molecule has 4 heterocycles. The monoisotopic (exact) mass is 453 g/mol. The lowest BCUT2D eigenvalue weighted by Gasteiger charge is -2.27. The SMILES string of the molecule is O=C(NC1COc2ccc(Cl)cc2C1)c1cc2n(n1)CCN(CCOc1ccccn1)C2. The van der Waals surface area contributed by atoms with Crippen LogP contribution >= 0.6 is 11.6 Å². The fourth-order valence-corrected chi connectivity index (χ4v) is 4.24. The molecule has 1 amide bonds. The van der Waals surface area contributed by atoms with Crippen molar-refractivity contribution in [3.8, 4) is 11.6 Å². The van der Waals surface area contributed by atoms with Gasteiger partial charge in [0.25, 0.3) is 5.91 Å². The van der Waals surface area contributed by atoms with Gasteiger partial charge in [-0.05, 0) is 42.3 Å². The summed E-state index contributed by atoms with van der Waals surface area (Å²) in [4.78, 5) is 19.3. The molecular formula is C23H24ClN5O3. The number of fused-ring (bicyclic) bond motifs is 2. The molecule has 0 spiro atoms. The summed E-state index contributed by atoms with van der Waals surface area (Å²) in [5.74, 6) is 1.27. The van der Waals surface area contributed by atoms with Gasteiger partial charge in [0.15, 0.2) is 5.69 Å². The van der Waals surface area contributed by atoms with Crippen LogP contribution < -0.4 is 14.8 Å². The predicted octanol–water partition coefficient (Wildman–Crippen LogP) is 2.56. The minimum atomic E-state index is -0.184. The number of benzene rings is 1. The highest BCUT2D eigenvalue weighted by molar-refractivity contribution is 6.30. The number of aromatic nitrogens is 3. The Bertz CT molecular complexity index is 1100. The summed E-state index contributed by atoms with van der Waals surface area (Å²) in [6.07, 6.45) is 2.40. The molecule has 0 radical (unpaired) electrons. The molecule has 32 heavy (non-hydrogen) atoms. The molecule has 0 aliphatic carbocycles. The van der Waals surface area contributed by atoms with E-state index >= 15 is 0 Å². The zero-order chi connectivity index (χ0) is 21.9. The number of ether oxygens (including phenoxy) is 2. The summed E-state index contributed by atoms with van der Waals surface area (Å²) in [7, 11) is 0. The third-order valence-electron chi connectivity index (χ3n) is 5.67. The normalized spacial score (nSPS) is 17.7. The van der Waals surface area contributed by atoms with Gasteiger partial charge in [0, 0.05) is 36.9 Å². The van der Waals surface area contributed by atoms with Crippen LogP contribution in [0.4, 0.5) is 0 Å². The summed E-state index contributed by atoms with van der Waals surface area (Å²) >= 11 is 6.09. The van der Waals surface area contributed by atoms with Crippen LogP contribution in [0.2, 0.25) is 5.02 Å². The highest BCUT2D eigenvalue weighted by Gasteiger charge is 2.25. The van der Waals surface area contributed by atoms with Gasteiger partial charge in [-0.3, -0.25) is 14.4 Å². The molecule has 0 saturated carbocycles. The van der Waals surface area contributed by atoms with Crippen LogP contribution in [0.25, 0.3) is 0 Å². The lowest BCUT2D eigenvalue weighted by molar-refractivity contribution is 0.0909. The van der Waals surface area contributed by atoms with Crippen LogP contribution in [0.3, 0.4) is 0 Å². The van der Waals surface area contributed by atoms with Crippen molar-refractivity contribution in [3.05, 3.63) is 70.6 Å². The van der Waals surface area contributed by atoms with Crippen LogP contribution in [0.1, 0.15) is 21.7 Å². The van der Waals surface area contributed by atoms with E-state index < -0.39 is 0 Å². The Kier molecular flexibility index (Phi) is 5.96. The first-order chi connectivity index (χ1) is 15.6. The standard InChI is InChI=1S/C23H24ClN5O3/c24-17-4-5-21-16(11-17)12-18(15-32-21)26-23(30)20-13-19-14-28(7-8-29(19)27-20)9-10-31-22-3-1-2-6-25-22/h1-6,11,13,18H,7-10,12,14-15H2,(H,26,30). The maximum atomic E-state index is 12.8. The number of halogens is 1. The summed E-state index contributed by atoms with van der Waals surface area (Å²) in [6, 6.07) is 12.9. The summed E-state index contributed by atoms with van der Waals surface area (Å²) in [5.41, 5.74) is 2.46. The number of carbonyl (C=O) groups excluding carboxylic acids is 1. The third-order valence-corrected chi connectivity index (χ3v) is 5.90. The molecule has 2 aromatic heterocycles. The maximum absolute atomic E-state index is 12.8. The van der Waals surface area contributed by atoms with Gasteiger partial charge in [0.2, 0.25) is 5.88 Å². The van der Waals surface area contributed by atoms with E-state index in [0.29, 0.717) is 36.2 Å². The lowest BCUT2D eigenvalue weighted by Crippen LogP contribution is -2.42. The van der Waals surface area contributed by atoms with Gasteiger partial charge in [0.1, 0.15) is 19.0 Å². The molecule has 166 valence electrons. The summed E-state index contributed by atoms with van der Waals surface area (Å²) < 4.78 is 13.4. The predicted molar refractivity (Wildman–Crippen MR) is 119 cm³/mol. The molecule has 9 heteroatoms. The number of hydrogen-bond acceptors (Lipinski definition) is 6. The van der Waals surface area contributed by atoms with Gasteiger partial charge in [-0.25, -0.2) is 4.98 Å².